The monoisotopic (exact) mass is 1520 g/mol. The van der Waals surface area contributed by atoms with E-state index in [9.17, 15) is 114 Å². The van der Waals surface area contributed by atoms with Crippen LogP contribution in [0.3, 0.4) is 0 Å². The molecule has 0 aliphatic heterocycles. The van der Waals surface area contributed by atoms with E-state index in [1.165, 1.54) is 20.8 Å². The van der Waals surface area contributed by atoms with E-state index in [-0.39, 0.29) is 6.61 Å². The first-order chi connectivity index (χ1) is 48.5. The molecule has 0 fully saturated rings. The van der Waals surface area contributed by atoms with Crippen LogP contribution in [0, 0.1) is 70.4 Å². The first-order valence-electron chi connectivity index (χ1n) is 33.6. The zero-order valence-electron chi connectivity index (χ0n) is 63.2. The maximum atomic E-state index is 15.1. The molecule has 0 radical (unpaired) electrons. The molecule has 36 nitrogen and oxygen atoms in total. The van der Waals surface area contributed by atoms with Gasteiger partial charge in [0.25, 0.3) is 0 Å². The molecule has 0 aliphatic rings. The van der Waals surface area contributed by atoms with E-state index in [2.05, 4.69) is 6.58 Å². The summed E-state index contributed by atoms with van der Waals surface area (Å²) in [6, 6.07) is 0. The number of aliphatic hydroxyl groups is 13. The Morgan fingerprint density at radius 3 is 0.476 bits per heavy atom. The molecule has 13 N–H and O–H groups in total. The zero-order valence-corrected chi connectivity index (χ0v) is 63.2. The summed E-state index contributed by atoms with van der Waals surface area (Å²) in [7, 11) is 0. The number of aliphatic hydroxyl groups excluding tert-OH is 13. The molecule has 0 bridgehead atoms. The van der Waals surface area contributed by atoms with Crippen LogP contribution in [-0.4, -0.2) is 297 Å². The molecule has 0 amide bonds. The van der Waals surface area contributed by atoms with Crippen molar-refractivity contribution in [1.82, 2.24) is 0 Å². The number of hydrogen-bond donors (Lipinski definition) is 13. The van der Waals surface area contributed by atoms with E-state index in [0.717, 1.165) is 62.3 Å². The third-order valence-electron chi connectivity index (χ3n) is 19.2. The summed E-state index contributed by atoms with van der Waals surface area (Å²) in [5.74, 6) is -14.9. The molecule has 0 rings (SSSR count). The lowest BCUT2D eigenvalue weighted by atomic mass is 9.80. The number of rotatable bonds is 53. The summed E-state index contributed by atoms with van der Waals surface area (Å²) >= 11 is 0. The molecule has 0 heterocycles. The number of ether oxygens (including phenoxy) is 12. The molecule has 608 valence electrons. The summed E-state index contributed by atoms with van der Waals surface area (Å²) in [5, 5.41) is 130. The van der Waals surface area contributed by atoms with Gasteiger partial charge in [0.15, 0.2) is 0 Å². The first kappa shape index (κ1) is 98.2. The van der Waals surface area contributed by atoms with Crippen molar-refractivity contribution in [2.75, 3.05) is 165 Å². The maximum absolute atomic E-state index is 15.1. The predicted octanol–water partition coefficient (Wildman–Crippen LogP) is -2.32. The average Bonchev–Trinajstić information content (AvgIpc) is 0.813. The largest absolute Gasteiger partial charge is 0.496 e. The lowest BCUT2D eigenvalue weighted by Crippen LogP contribution is -2.49. The van der Waals surface area contributed by atoms with Gasteiger partial charge in [-0.1, -0.05) is 27.4 Å². The van der Waals surface area contributed by atoms with Gasteiger partial charge < -0.3 is 123 Å². The highest BCUT2D eigenvalue weighted by Gasteiger charge is 2.51. The molecule has 0 aromatic heterocycles. The van der Waals surface area contributed by atoms with E-state index in [4.69, 9.17) is 56.8 Å². The Kier molecular flexibility index (Phi) is 38.8. The van der Waals surface area contributed by atoms with Gasteiger partial charge in [0.1, 0.15) is 138 Å². The van der Waals surface area contributed by atoms with Crippen molar-refractivity contribution in [3.8, 4) is 0 Å². The number of hydrogen-bond acceptors (Lipinski definition) is 36. The smallest absolute Gasteiger partial charge is 0.318 e. The fraction of sp³-hybridized carbons (Fsp3) is 0.812. The Balaban J connectivity index is 8.29. The van der Waals surface area contributed by atoms with Crippen LogP contribution in [0.15, 0.2) is 12.3 Å². The normalized spacial score (nSPS) is 14.1. The Labute approximate surface area is 610 Å². The van der Waals surface area contributed by atoms with Crippen molar-refractivity contribution in [2.24, 2.45) is 70.4 Å². The van der Waals surface area contributed by atoms with E-state index < -0.39 is 300 Å². The van der Waals surface area contributed by atoms with Crippen molar-refractivity contribution in [3.63, 3.8) is 0 Å². The number of esters is 11. The highest BCUT2D eigenvalue weighted by atomic mass is 16.6. The van der Waals surface area contributed by atoms with E-state index in [1.807, 2.05) is 20.8 Å². The second-order valence-corrected chi connectivity index (χ2v) is 30.4. The fourth-order valence-corrected chi connectivity index (χ4v) is 7.94. The molecule has 0 aromatic carbocycles. The third-order valence-corrected chi connectivity index (χ3v) is 19.2. The molecular weight excluding hydrogens is 1400 g/mol. The summed E-state index contributed by atoms with van der Waals surface area (Å²) in [5.41, 5.74) is -25.8. The predicted molar refractivity (Wildman–Crippen MR) is 358 cm³/mol. The van der Waals surface area contributed by atoms with Gasteiger partial charge in [0.2, 0.25) is 0 Å². The maximum Gasteiger partial charge on any atom is 0.318 e. The van der Waals surface area contributed by atoms with E-state index >= 15 is 4.79 Å². The molecule has 2 unspecified atom stereocenters. The Bertz CT molecular complexity index is 2670. The molecular formula is C69H116O36. The fourth-order valence-electron chi connectivity index (χ4n) is 7.94. The molecule has 0 saturated carbocycles. The van der Waals surface area contributed by atoms with Gasteiger partial charge in [-0.05, 0) is 102 Å². The van der Waals surface area contributed by atoms with Crippen molar-refractivity contribution in [1.29, 1.82) is 0 Å². The third kappa shape index (κ3) is 25.7. The van der Waals surface area contributed by atoms with Gasteiger partial charge in [0, 0.05) is 5.41 Å². The van der Waals surface area contributed by atoms with Gasteiger partial charge in [-0.25, -0.2) is 0 Å². The van der Waals surface area contributed by atoms with Crippen LogP contribution >= 0.6 is 0 Å². The minimum atomic E-state index is -2.58. The van der Waals surface area contributed by atoms with Crippen LogP contribution in [0.4, 0.5) is 0 Å². The van der Waals surface area contributed by atoms with Gasteiger partial charge >= 0.3 is 65.7 Å². The van der Waals surface area contributed by atoms with Crippen LogP contribution in [0.25, 0.3) is 0 Å². The van der Waals surface area contributed by atoms with Gasteiger partial charge in [-0.15, -0.1) is 0 Å². The standard InChI is InChI=1S/C69H116O36/c1-17-69(18-2,19-3)44-105-56(93)68(16,40-101-52(89)63(11,32-82)33-94-45(4)64(12,34-95-46(83)57(5,20-70)21-71)35-96-47(84)58(6,22-72)23-73)43-104-55(92)67(15,41-102-53(90)65(13,36-97-48(85)59(7,24-74)25-75)37-98-49(86)60(8,26-76)27-77)42-103-54(91)66(14,38-99-50(87)61(9,28-78)29-79)39-100-51(88)62(10,30-80)31-81/h70-82H,4,17-44H2,1-3,5-16H3. The highest BCUT2D eigenvalue weighted by Crippen LogP contribution is 2.37. The number of carbonyl (C=O) groups excluding carboxylic acids is 11. The summed E-state index contributed by atoms with van der Waals surface area (Å²) in [4.78, 5) is 153. The minimum Gasteiger partial charge on any atom is -0.496 e. The molecule has 105 heavy (non-hydrogen) atoms. The number of carbonyl (C=O) groups is 11. The Morgan fingerprint density at radius 2 is 0.324 bits per heavy atom. The van der Waals surface area contributed by atoms with Crippen LogP contribution in [0.1, 0.15) is 123 Å². The Morgan fingerprint density at radius 1 is 0.200 bits per heavy atom. The lowest BCUT2D eigenvalue weighted by Gasteiger charge is -2.36. The SMILES string of the molecule is C=C(OCC(C)(CO)C(=O)OCC(C)(COC(=O)C(C)(COC(=O)C(C)(COC(=O)C(C)(CO)CO)COC(=O)C(C)(CO)CO)COC(=O)C(C)(COC(=O)C(C)(CO)CO)COC(=O)C(C)(CO)CO)C(=O)OCC(CC)(CC)CC)C(C)(COC(=O)C(C)(CO)CO)COC(=O)C(C)(CO)CO. The summed E-state index contributed by atoms with van der Waals surface area (Å²) in [6.07, 6.45) is 1.42. The first-order valence-corrected chi connectivity index (χ1v) is 33.6. The van der Waals surface area contributed by atoms with Crippen molar-refractivity contribution >= 4 is 65.7 Å². The lowest BCUT2D eigenvalue weighted by molar-refractivity contribution is -0.187. The van der Waals surface area contributed by atoms with Crippen molar-refractivity contribution < 1.29 is 176 Å². The van der Waals surface area contributed by atoms with Crippen molar-refractivity contribution in [2.45, 2.75) is 123 Å². The van der Waals surface area contributed by atoms with Crippen molar-refractivity contribution in [3.05, 3.63) is 12.3 Å². The molecule has 0 aromatic rings. The van der Waals surface area contributed by atoms with Crippen LogP contribution in [0.2, 0.25) is 0 Å². The highest BCUT2D eigenvalue weighted by molar-refractivity contribution is 5.85. The zero-order chi connectivity index (χ0) is 81.7. The van der Waals surface area contributed by atoms with Gasteiger partial charge in [-0.2, -0.15) is 0 Å². The topological polar surface area (TPSA) is 562 Å². The molecule has 2 atom stereocenters. The quantitative estimate of drug-likeness (QED) is 0.0173. The summed E-state index contributed by atoms with van der Waals surface area (Å²) in [6.45, 7) is -1.69. The second kappa shape index (κ2) is 41.5. The molecule has 0 aliphatic carbocycles. The summed E-state index contributed by atoms with van der Waals surface area (Å²) < 4.78 is 66.8. The van der Waals surface area contributed by atoms with Gasteiger partial charge in [0.05, 0.1) is 97.9 Å². The molecule has 0 spiro atoms. The minimum absolute atomic E-state index is 0.258. The molecule has 0 saturated heterocycles. The molecule has 36 heteroatoms. The van der Waals surface area contributed by atoms with E-state index in [1.54, 1.807) is 0 Å². The van der Waals surface area contributed by atoms with Crippen LogP contribution < -0.4 is 0 Å². The van der Waals surface area contributed by atoms with Gasteiger partial charge in [-0.3, -0.25) is 52.7 Å². The average molecular weight is 1520 g/mol. The van der Waals surface area contributed by atoms with E-state index in [0.29, 0.717) is 19.3 Å². The van der Waals surface area contributed by atoms with Crippen LogP contribution in [-0.2, 0) is 110 Å². The van der Waals surface area contributed by atoms with Crippen LogP contribution in [0.5, 0.6) is 0 Å². The second-order valence-electron chi connectivity index (χ2n) is 30.4. The Hall–Kier alpha value is -6.81.